The van der Waals surface area contributed by atoms with E-state index in [0.29, 0.717) is 5.82 Å². The maximum atomic E-state index is 12.8. The first kappa shape index (κ1) is 19.7. The number of thiazole rings is 1. The Bertz CT molecular complexity index is 1000. The molecule has 3 aromatic rings. The van der Waals surface area contributed by atoms with Gasteiger partial charge in [0.25, 0.3) is 0 Å². The first-order valence-corrected chi connectivity index (χ1v) is 10.7. The Morgan fingerprint density at radius 2 is 2.03 bits per heavy atom. The number of tetrazole rings is 1. The number of anilines is 1. The topological polar surface area (TPSA) is 88.8 Å². The maximum absolute atomic E-state index is 12.8. The van der Waals surface area contributed by atoms with Gasteiger partial charge in [-0.15, -0.1) is 16.4 Å². The first-order valence-electron chi connectivity index (χ1n) is 9.80. The van der Waals surface area contributed by atoms with Crippen molar-refractivity contribution in [2.45, 2.75) is 40.2 Å². The Balaban J connectivity index is 1.36. The smallest absolute Gasteiger partial charge is 0.227 e. The van der Waals surface area contributed by atoms with Crippen molar-refractivity contribution in [2.75, 3.05) is 18.4 Å². The Hall–Kier alpha value is -2.65. The van der Waals surface area contributed by atoms with Gasteiger partial charge in [-0.3, -0.25) is 9.69 Å². The number of piperidine rings is 1. The van der Waals surface area contributed by atoms with Crippen molar-refractivity contribution in [2.24, 2.45) is 5.92 Å². The van der Waals surface area contributed by atoms with Gasteiger partial charge in [-0.05, 0) is 74.8 Å². The minimum atomic E-state index is 0.0305. The molecule has 4 rings (SSSR count). The second-order valence-corrected chi connectivity index (χ2v) is 8.60. The number of aromatic nitrogens is 5. The van der Waals surface area contributed by atoms with E-state index in [2.05, 4.69) is 36.1 Å². The summed E-state index contributed by atoms with van der Waals surface area (Å²) in [6.07, 6.45) is 1.72. The lowest BCUT2D eigenvalue weighted by Crippen LogP contribution is -2.37. The standard InChI is InChI=1S/C20H25N7OS/c1-13-4-5-17(10-19(13)27-14(2)23-24-25-27)22-20(28)16-6-8-26(9-7-16)11-18-12-29-15(3)21-18/h4-5,10,12,16H,6-9,11H2,1-3H3,(H,22,28). The third-order valence-electron chi connectivity index (χ3n) is 5.34. The Morgan fingerprint density at radius 1 is 1.24 bits per heavy atom. The van der Waals surface area contributed by atoms with Crippen LogP contribution in [0.1, 0.15) is 34.9 Å². The summed E-state index contributed by atoms with van der Waals surface area (Å²) in [4.78, 5) is 19.7. The highest BCUT2D eigenvalue weighted by Gasteiger charge is 2.25. The second kappa shape index (κ2) is 8.38. The summed E-state index contributed by atoms with van der Waals surface area (Å²) in [5, 5.41) is 18.0. The predicted molar refractivity (Wildman–Crippen MR) is 112 cm³/mol. The number of amides is 1. The summed E-state index contributed by atoms with van der Waals surface area (Å²) in [7, 11) is 0. The molecule has 29 heavy (non-hydrogen) atoms. The van der Waals surface area contributed by atoms with Crippen LogP contribution in [0.3, 0.4) is 0 Å². The van der Waals surface area contributed by atoms with E-state index in [1.165, 1.54) is 0 Å². The van der Waals surface area contributed by atoms with E-state index in [9.17, 15) is 4.79 Å². The summed E-state index contributed by atoms with van der Waals surface area (Å²) < 4.78 is 1.68. The third kappa shape index (κ3) is 4.51. The third-order valence-corrected chi connectivity index (χ3v) is 6.16. The van der Waals surface area contributed by atoms with E-state index in [1.807, 2.05) is 39.0 Å². The molecule has 0 unspecified atom stereocenters. The van der Waals surface area contributed by atoms with Gasteiger partial charge < -0.3 is 5.32 Å². The average molecular weight is 412 g/mol. The van der Waals surface area contributed by atoms with E-state index in [0.717, 1.165) is 60.1 Å². The van der Waals surface area contributed by atoms with Gasteiger partial charge in [0.15, 0.2) is 5.82 Å². The van der Waals surface area contributed by atoms with Crippen LogP contribution in [0.15, 0.2) is 23.6 Å². The molecule has 152 valence electrons. The van der Waals surface area contributed by atoms with E-state index >= 15 is 0 Å². The monoisotopic (exact) mass is 411 g/mol. The normalized spacial score (nSPS) is 15.6. The van der Waals surface area contributed by atoms with Gasteiger partial charge in [-0.2, -0.15) is 4.68 Å². The molecule has 1 amide bonds. The zero-order valence-corrected chi connectivity index (χ0v) is 17.7. The highest BCUT2D eigenvalue weighted by Crippen LogP contribution is 2.23. The van der Waals surface area contributed by atoms with Crippen molar-refractivity contribution in [1.82, 2.24) is 30.1 Å². The minimum Gasteiger partial charge on any atom is -0.326 e. The Kier molecular flexibility index (Phi) is 5.68. The molecule has 8 nitrogen and oxygen atoms in total. The van der Waals surface area contributed by atoms with Gasteiger partial charge in [-0.25, -0.2) is 4.98 Å². The fourth-order valence-electron chi connectivity index (χ4n) is 3.68. The summed E-state index contributed by atoms with van der Waals surface area (Å²) >= 11 is 1.69. The molecule has 0 radical (unpaired) electrons. The lowest BCUT2D eigenvalue weighted by molar-refractivity contribution is -0.121. The van der Waals surface area contributed by atoms with Crippen LogP contribution in [-0.4, -0.2) is 49.1 Å². The second-order valence-electron chi connectivity index (χ2n) is 7.54. The van der Waals surface area contributed by atoms with Crippen LogP contribution in [0.5, 0.6) is 0 Å². The van der Waals surface area contributed by atoms with Crippen LogP contribution < -0.4 is 5.32 Å². The molecule has 2 aromatic heterocycles. The first-order chi connectivity index (χ1) is 14.0. The van der Waals surface area contributed by atoms with E-state index in [1.54, 1.807) is 16.0 Å². The molecule has 0 saturated carbocycles. The molecule has 0 bridgehead atoms. The number of carbonyl (C=O) groups excluding carboxylic acids is 1. The van der Waals surface area contributed by atoms with Crippen molar-refractivity contribution in [3.63, 3.8) is 0 Å². The number of likely N-dealkylation sites (tertiary alicyclic amines) is 1. The molecule has 0 atom stereocenters. The lowest BCUT2D eigenvalue weighted by atomic mass is 9.95. The Labute approximate surface area is 174 Å². The minimum absolute atomic E-state index is 0.0305. The van der Waals surface area contributed by atoms with Crippen LogP contribution in [0, 0.1) is 26.7 Å². The van der Waals surface area contributed by atoms with Crippen molar-refractivity contribution >= 4 is 22.9 Å². The van der Waals surface area contributed by atoms with E-state index < -0.39 is 0 Å². The van der Waals surface area contributed by atoms with Crippen molar-refractivity contribution in [3.05, 3.63) is 45.7 Å². The van der Waals surface area contributed by atoms with Crippen LogP contribution in [0.25, 0.3) is 5.69 Å². The van der Waals surface area contributed by atoms with Crippen molar-refractivity contribution < 1.29 is 4.79 Å². The molecule has 1 aliphatic heterocycles. The van der Waals surface area contributed by atoms with E-state index in [4.69, 9.17) is 0 Å². The number of benzene rings is 1. The molecule has 1 aromatic carbocycles. The number of hydrogen-bond donors (Lipinski definition) is 1. The molecule has 1 fully saturated rings. The van der Waals surface area contributed by atoms with Gasteiger partial charge in [0.05, 0.1) is 16.4 Å². The molecule has 1 N–H and O–H groups in total. The number of aryl methyl sites for hydroxylation is 3. The largest absolute Gasteiger partial charge is 0.326 e. The zero-order chi connectivity index (χ0) is 20.4. The number of nitrogens with one attached hydrogen (secondary N) is 1. The molecule has 3 heterocycles. The highest BCUT2D eigenvalue weighted by atomic mass is 32.1. The summed E-state index contributed by atoms with van der Waals surface area (Å²) in [5.74, 6) is 0.819. The highest BCUT2D eigenvalue weighted by molar-refractivity contribution is 7.09. The maximum Gasteiger partial charge on any atom is 0.227 e. The fourth-order valence-corrected chi connectivity index (χ4v) is 4.28. The quantitative estimate of drug-likeness (QED) is 0.694. The summed E-state index contributed by atoms with van der Waals surface area (Å²) in [5.41, 5.74) is 3.81. The Morgan fingerprint density at radius 3 is 2.69 bits per heavy atom. The van der Waals surface area contributed by atoms with Gasteiger partial charge in [-0.1, -0.05) is 6.07 Å². The fraction of sp³-hybridized carbons (Fsp3) is 0.450. The van der Waals surface area contributed by atoms with Crippen LogP contribution in [0.2, 0.25) is 0 Å². The molecule has 0 spiro atoms. The molecule has 1 saturated heterocycles. The number of nitrogens with zero attached hydrogens (tertiary/aromatic N) is 6. The predicted octanol–water partition coefficient (Wildman–Crippen LogP) is 2.89. The number of hydrogen-bond acceptors (Lipinski definition) is 7. The molecular formula is C20H25N7OS. The summed E-state index contributed by atoms with van der Waals surface area (Å²) in [6.45, 7) is 8.58. The summed E-state index contributed by atoms with van der Waals surface area (Å²) in [6, 6.07) is 5.83. The lowest BCUT2D eigenvalue weighted by Gasteiger charge is -2.30. The number of rotatable bonds is 5. The zero-order valence-electron chi connectivity index (χ0n) is 16.9. The van der Waals surface area contributed by atoms with Crippen molar-refractivity contribution in [1.29, 1.82) is 0 Å². The number of carbonyl (C=O) groups is 1. The van der Waals surface area contributed by atoms with Crippen LogP contribution >= 0.6 is 11.3 Å². The van der Waals surface area contributed by atoms with Crippen LogP contribution in [-0.2, 0) is 11.3 Å². The van der Waals surface area contributed by atoms with Gasteiger partial charge in [0.1, 0.15) is 0 Å². The average Bonchev–Trinajstić information content (AvgIpc) is 3.31. The van der Waals surface area contributed by atoms with Gasteiger partial charge in [0.2, 0.25) is 5.91 Å². The van der Waals surface area contributed by atoms with Gasteiger partial charge in [0, 0.05) is 23.5 Å². The van der Waals surface area contributed by atoms with E-state index in [-0.39, 0.29) is 11.8 Å². The van der Waals surface area contributed by atoms with Crippen molar-refractivity contribution in [3.8, 4) is 5.69 Å². The molecule has 9 heteroatoms. The SMILES string of the molecule is Cc1nc(CN2CCC(C(=O)Nc3ccc(C)c(-n4nnnc4C)c3)CC2)cs1. The molecular weight excluding hydrogens is 386 g/mol. The van der Waals surface area contributed by atoms with Crippen LogP contribution in [0.4, 0.5) is 5.69 Å². The molecule has 1 aliphatic rings. The molecule has 0 aliphatic carbocycles. The van der Waals surface area contributed by atoms with Gasteiger partial charge >= 0.3 is 0 Å².